The number of ether oxygens (including phenoxy) is 1. The minimum absolute atomic E-state index is 0.207. The molecule has 2 amide bonds. The average Bonchev–Trinajstić information content (AvgIpc) is 3.42. The van der Waals surface area contributed by atoms with Crippen LogP contribution < -0.4 is 4.90 Å². The van der Waals surface area contributed by atoms with Gasteiger partial charge in [0.15, 0.2) is 0 Å². The number of amides is 2. The van der Waals surface area contributed by atoms with E-state index in [0.29, 0.717) is 16.3 Å². The quantitative estimate of drug-likeness (QED) is 0.390. The lowest BCUT2D eigenvalue weighted by Gasteiger charge is -2.28. The first-order valence-electron chi connectivity index (χ1n) is 11.3. The van der Waals surface area contributed by atoms with Gasteiger partial charge in [0.25, 0.3) is 0 Å². The van der Waals surface area contributed by atoms with Gasteiger partial charge in [-0.05, 0) is 48.7 Å². The SMILES string of the molecule is Cc1cccc(N2C(=O)[C@H]3[C@@H](C2=O)C2(O[C@H]3c3ccc(Cl)cc3)C(=O)c3ccccc3C2=O)c1C. The predicted molar refractivity (Wildman–Crippen MR) is 129 cm³/mol. The second-order valence-electron chi connectivity index (χ2n) is 9.26. The van der Waals surface area contributed by atoms with Crippen molar-refractivity contribution in [1.82, 2.24) is 0 Å². The van der Waals surface area contributed by atoms with E-state index in [1.807, 2.05) is 19.9 Å². The fraction of sp³-hybridized carbons (Fsp3) is 0.214. The van der Waals surface area contributed by atoms with Crippen LogP contribution in [-0.2, 0) is 14.3 Å². The van der Waals surface area contributed by atoms with Gasteiger partial charge in [-0.1, -0.05) is 60.1 Å². The summed E-state index contributed by atoms with van der Waals surface area (Å²) >= 11 is 6.07. The number of aryl methyl sites for hydroxylation is 1. The molecule has 0 bridgehead atoms. The normalized spacial score (nSPS) is 24.4. The molecule has 2 heterocycles. The van der Waals surface area contributed by atoms with Crippen LogP contribution >= 0.6 is 11.6 Å². The smallest absolute Gasteiger partial charge is 0.241 e. The van der Waals surface area contributed by atoms with Crippen molar-refractivity contribution in [3.05, 3.63) is 99.6 Å². The first-order valence-corrected chi connectivity index (χ1v) is 11.7. The first kappa shape index (κ1) is 21.9. The number of hydrogen-bond donors (Lipinski definition) is 0. The highest BCUT2D eigenvalue weighted by Crippen LogP contribution is 2.58. The van der Waals surface area contributed by atoms with Crippen LogP contribution in [0.4, 0.5) is 5.69 Å². The van der Waals surface area contributed by atoms with Crippen molar-refractivity contribution in [2.45, 2.75) is 25.6 Å². The van der Waals surface area contributed by atoms with Gasteiger partial charge >= 0.3 is 0 Å². The van der Waals surface area contributed by atoms with Crippen molar-refractivity contribution in [3.63, 3.8) is 0 Å². The highest BCUT2D eigenvalue weighted by Gasteiger charge is 2.74. The molecule has 174 valence electrons. The standard InChI is InChI=1S/C28H20ClNO5/c1-14-6-5-9-20(15(14)2)30-26(33)21-22(27(30)34)28(35-23(21)16-10-12-17(29)13-11-16)24(31)18-7-3-4-8-19(18)25(28)32/h3-13,21-23H,1-2H3/t21-,22-,23-/m0/s1. The molecule has 0 saturated carbocycles. The number of carbonyl (C=O) groups is 4. The van der Waals surface area contributed by atoms with Crippen LogP contribution in [0, 0.1) is 25.7 Å². The Bertz CT molecular complexity index is 1430. The number of ketones is 2. The number of hydrogen-bond acceptors (Lipinski definition) is 5. The van der Waals surface area contributed by atoms with Crippen LogP contribution in [0.2, 0.25) is 5.02 Å². The fourth-order valence-corrected chi connectivity index (χ4v) is 5.81. The van der Waals surface area contributed by atoms with E-state index in [0.717, 1.165) is 16.0 Å². The maximum atomic E-state index is 14.0. The summed E-state index contributed by atoms with van der Waals surface area (Å²) in [4.78, 5) is 56.6. The molecule has 3 aromatic carbocycles. The molecule has 0 aromatic heterocycles. The van der Waals surface area contributed by atoms with Crippen LogP contribution in [0.3, 0.4) is 0 Å². The number of anilines is 1. The molecular weight excluding hydrogens is 466 g/mol. The third-order valence-electron chi connectivity index (χ3n) is 7.53. The zero-order chi connectivity index (χ0) is 24.6. The summed E-state index contributed by atoms with van der Waals surface area (Å²) in [5, 5.41) is 0.490. The third-order valence-corrected chi connectivity index (χ3v) is 7.79. The topological polar surface area (TPSA) is 80.8 Å². The molecule has 3 atom stereocenters. The van der Waals surface area contributed by atoms with E-state index in [1.54, 1.807) is 60.7 Å². The van der Waals surface area contributed by atoms with Crippen molar-refractivity contribution in [2.24, 2.45) is 11.8 Å². The molecule has 6 rings (SSSR count). The summed E-state index contributed by atoms with van der Waals surface area (Å²) in [6.07, 6.45) is -0.967. The van der Waals surface area contributed by atoms with Crippen molar-refractivity contribution >= 4 is 40.7 Å². The molecular formula is C28H20ClNO5. The Hall–Kier alpha value is -3.61. The second-order valence-corrected chi connectivity index (χ2v) is 9.70. The minimum Gasteiger partial charge on any atom is -0.349 e. The van der Waals surface area contributed by atoms with Gasteiger partial charge in [0.2, 0.25) is 29.0 Å². The number of fused-ring (bicyclic) bond motifs is 3. The lowest BCUT2D eigenvalue weighted by Crippen LogP contribution is -2.51. The van der Waals surface area contributed by atoms with E-state index in [9.17, 15) is 19.2 Å². The summed E-state index contributed by atoms with van der Waals surface area (Å²) in [7, 11) is 0. The van der Waals surface area contributed by atoms with E-state index in [2.05, 4.69) is 0 Å². The zero-order valence-corrected chi connectivity index (χ0v) is 19.7. The van der Waals surface area contributed by atoms with Crippen LogP contribution in [0.1, 0.15) is 43.5 Å². The summed E-state index contributed by atoms with van der Waals surface area (Å²) in [5.74, 6) is -4.54. The average molecular weight is 486 g/mol. The molecule has 2 fully saturated rings. The summed E-state index contributed by atoms with van der Waals surface area (Å²) in [6, 6.07) is 18.5. The van der Waals surface area contributed by atoms with Gasteiger partial charge in [-0.2, -0.15) is 0 Å². The summed E-state index contributed by atoms with van der Waals surface area (Å²) in [6.45, 7) is 3.73. The monoisotopic (exact) mass is 485 g/mol. The maximum absolute atomic E-state index is 14.0. The van der Waals surface area contributed by atoms with E-state index >= 15 is 0 Å². The highest BCUT2D eigenvalue weighted by atomic mass is 35.5. The molecule has 2 saturated heterocycles. The van der Waals surface area contributed by atoms with Gasteiger partial charge in [0, 0.05) is 16.1 Å². The molecule has 7 heteroatoms. The first-order chi connectivity index (χ1) is 16.8. The molecule has 3 aromatic rings. The lowest BCUT2D eigenvalue weighted by molar-refractivity contribution is -0.127. The van der Waals surface area contributed by atoms with E-state index in [4.69, 9.17) is 16.3 Å². The van der Waals surface area contributed by atoms with Crippen molar-refractivity contribution in [1.29, 1.82) is 0 Å². The fourth-order valence-electron chi connectivity index (χ4n) is 5.69. The Morgan fingerprint density at radius 1 is 0.800 bits per heavy atom. The Kier molecular flexibility index (Phi) is 4.66. The molecule has 6 nitrogen and oxygen atoms in total. The number of benzene rings is 3. The molecule has 3 aliphatic rings. The highest BCUT2D eigenvalue weighted by molar-refractivity contribution is 6.37. The molecule has 35 heavy (non-hydrogen) atoms. The number of Topliss-reactive ketones (excluding diaryl/α,β-unsaturated/α-hetero) is 2. The Morgan fingerprint density at radius 3 is 2.06 bits per heavy atom. The van der Waals surface area contributed by atoms with E-state index in [1.165, 1.54) is 0 Å². The zero-order valence-electron chi connectivity index (χ0n) is 18.9. The maximum Gasteiger partial charge on any atom is 0.241 e. The number of halogens is 1. The lowest BCUT2D eigenvalue weighted by atomic mass is 9.77. The van der Waals surface area contributed by atoms with Crippen LogP contribution in [0.25, 0.3) is 0 Å². The number of rotatable bonds is 2. The number of nitrogens with zero attached hydrogens (tertiary/aromatic N) is 1. The van der Waals surface area contributed by atoms with Gasteiger partial charge < -0.3 is 4.74 Å². The van der Waals surface area contributed by atoms with Gasteiger partial charge in [-0.15, -0.1) is 0 Å². The molecule has 0 N–H and O–H groups in total. The van der Waals surface area contributed by atoms with Gasteiger partial charge in [0.05, 0.1) is 23.6 Å². The minimum atomic E-state index is -2.09. The summed E-state index contributed by atoms with van der Waals surface area (Å²) < 4.78 is 6.28. The van der Waals surface area contributed by atoms with Crippen LogP contribution in [0.15, 0.2) is 66.7 Å². The number of carbonyl (C=O) groups excluding carboxylic acids is 4. The van der Waals surface area contributed by atoms with Gasteiger partial charge in [-0.3, -0.25) is 19.2 Å². The van der Waals surface area contributed by atoms with E-state index in [-0.39, 0.29) is 11.1 Å². The van der Waals surface area contributed by atoms with Crippen molar-refractivity contribution < 1.29 is 23.9 Å². The predicted octanol–water partition coefficient (Wildman–Crippen LogP) is 4.65. The molecule has 2 aliphatic heterocycles. The summed E-state index contributed by atoms with van der Waals surface area (Å²) in [5.41, 5.74) is 1.05. The molecule has 1 spiro atoms. The molecule has 0 unspecified atom stereocenters. The Balaban J connectivity index is 1.56. The van der Waals surface area contributed by atoms with Crippen molar-refractivity contribution in [3.8, 4) is 0 Å². The molecule has 0 radical (unpaired) electrons. The van der Waals surface area contributed by atoms with Gasteiger partial charge in [0.1, 0.15) is 0 Å². The number of imide groups is 1. The van der Waals surface area contributed by atoms with E-state index < -0.39 is 46.9 Å². The second kappa shape index (κ2) is 7.44. The van der Waals surface area contributed by atoms with Gasteiger partial charge in [-0.25, -0.2) is 4.90 Å². The van der Waals surface area contributed by atoms with Crippen molar-refractivity contribution in [2.75, 3.05) is 4.90 Å². The Labute approximate surface area is 206 Å². The van der Waals surface area contributed by atoms with Crippen LogP contribution in [-0.4, -0.2) is 29.0 Å². The third kappa shape index (κ3) is 2.75. The molecule has 1 aliphatic carbocycles. The Morgan fingerprint density at radius 2 is 1.43 bits per heavy atom. The van der Waals surface area contributed by atoms with Crippen LogP contribution in [0.5, 0.6) is 0 Å². The largest absolute Gasteiger partial charge is 0.349 e.